The van der Waals surface area contributed by atoms with Crippen molar-refractivity contribution < 1.29 is 4.79 Å². The van der Waals surface area contributed by atoms with Crippen molar-refractivity contribution in [2.24, 2.45) is 11.7 Å². The van der Waals surface area contributed by atoms with Crippen LogP contribution in [-0.2, 0) is 0 Å². The molecule has 0 atom stereocenters. The molecule has 1 fully saturated rings. The van der Waals surface area contributed by atoms with Crippen LogP contribution in [0.15, 0.2) is 24.3 Å². The molecule has 1 amide bonds. The van der Waals surface area contributed by atoms with Crippen molar-refractivity contribution in [2.75, 3.05) is 6.54 Å². The molecule has 0 aliphatic heterocycles. The number of thiocarbonyl (C=S) groups is 1. The van der Waals surface area contributed by atoms with Gasteiger partial charge in [0.2, 0.25) is 0 Å². The fraction of sp³-hybridized carbons (Fsp3) is 0.529. The van der Waals surface area contributed by atoms with E-state index in [2.05, 4.69) is 18.7 Å². The zero-order chi connectivity index (χ0) is 15.4. The van der Waals surface area contributed by atoms with Gasteiger partial charge in [0.25, 0.3) is 5.91 Å². The monoisotopic (exact) mass is 304 g/mol. The van der Waals surface area contributed by atoms with Gasteiger partial charge in [0, 0.05) is 23.7 Å². The molecule has 2 rings (SSSR count). The van der Waals surface area contributed by atoms with Crippen LogP contribution in [0.5, 0.6) is 0 Å². The Kier molecular flexibility index (Phi) is 5.34. The van der Waals surface area contributed by atoms with Gasteiger partial charge in [-0.3, -0.25) is 4.79 Å². The molecule has 0 radical (unpaired) electrons. The smallest absolute Gasteiger partial charge is 0.254 e. The summed E-state index contributed by atoms with van der Waals surface area (Å²) in [5.74, 6) is 0.607. The molecule has 0 heterocycles. The maximum Gasteiger partial charge on any atom is 0.254 e. The number of hydrogen-bond acceptors (Lipinski definition) is 2. The van der Waals surface area contributed by atoms with Crippen LogP contribution in [0.4, 0.5) is 0 Å². The normalized spacial score (nSPS) is 15.4. The summed E-state index contributed by atoms with van der Waals surface area (Å²) in [6.07, 6.45) is 4.71. The highest BCUT2D eigenvalue weighted by Crippen LogP contribution is 2.25. The van der Waals surface area contributed by atoms with Crippen molar-refractivity contribution in [3.05, 3.63) is 35.4 Å². The zero-order valence-electron chi connectivity index (χ0n) is 12.8. The predicted molar refractivity (Wildman–Crippen MR) is 90.5 cm³/mol. The summed E-state index contributed by atoms with van der Waals surface area (Å²) in [5, 5.41) is 0. The maximum atomic E-state index is 12.8. The summed E-state index contributed by atoms with van der Waals surface area (Å²) in [5.41, 5.74) is 7.13. The van der Waals surface area contributed by atoms with Gasteiger partial charge in [-0.2, -0.15) is 0 Å². The Bertz CT molecular complexity index is 504. The number of amides is 1. The molecule has 114 valence electrons. The van der Waals surface area contributed by atoms with E-state index in [0.717, 1.165) is 30.5 Å². The van der Waals surface area contributed by atoms with E-state index in [4.69, 9.17) is 18.0 Å². The molecule has 0 spiro atoms. The molecule has 0 saturated heterocycles. The van der Waals surface area contributed by atoms with Crippen molar-refractivity contribution in [3.63, 3.8) is 0 Å². The van der Waals surface area contributed by atoms with Crippen LogP contribution in [0.2, 0.25) is 0 Å². The number of rotatable bonds is 5. The first kappa shape index (κ1) is 16.0. The summed E-state index contributed by atoms with van der Waals surface area (Å²) in [6, 6.07) is 7.73. The van der Waals surface area contributed by atoms with Crippen molar-refractivity contribution >= 4 is 23.1 Å². The summed E-state index contributed by atoms with van der Waals surface area (Å²) < 4.78 is 0. The molecule has 1 saturated carbocycles. The maximum absolute atomic E-state index is 12.8. The van der Waals surface area contributed by atoms with Gasteiger partial charge in [0.15, 0.2) is 0 Å². The van der Waals surface area contributed by atoms with Gasteiger partial charge in [-0.25, -0.2) is 0 Å². The first-order chi connectivity index (χ1) is 9.99. The lowest BCUT2D eigenvalue weighted by atomic mass is 10.1. The number of carbonyl (C=O) groups is 1. The number of hydrogen-bond donors (Lipinski definition) is 1. The standard InChI is InChI=1S/C17H24N2OS/c1-12(2)11-19(15-5-3-4-6-15)17(20)14-9-7-13(8-10-14)16(18)21/h7-10,12,15H,3-6,11H2,1-2H3,(H2,18,21). The molecule has 0 bridgehead atoms. The Morgan fingerprint density at radius 2 is 1.76 bits per heavy atom. The molecular weight excluding hydrogens is 280 g/mol. The molecule has 21 heavy (non-hydrogen) atoms. The second-order valence-corrected chi connectivity index (χ2v) is 6.67. The van der Waals surface area contributed by atoms with Crippen molar-refractivity contribution in [1.82, 2.24) is 4.90 Å². The second-order valence-electron chi connectivity index (χ2n) is 6.23. The predicted octanol–water partition coefficient (Wildman–Crippen LogP) is 3.36. The van der Waals surface area contributed by atoms with E-state index >= 15 is 0 Å². The van der Waals surface area contributed by atoms with Crippen LogP contribution in [0.3, 0.4) is 0 Å². The van der Waals surface area contributed by atoms with Crippen LogP contribution < -0.4 is 5.73 Å². The number of nitrogens with two attached hydrogens (primary N) is 1. The van der Waals surface area contributed by atoms with E-state index in [1.54, 1.807) is 0 Å². The minimum Gasteiger partial charge on any atom is -0.389 e. The number of carbonyl (C=O) groups excluding carboxylic acids is 1. The van der Waals surface area contributed by atoms with Crippen molar-refractivity contribution in [3.8, 4) is 0 Å². The fourth-order valence-electron chi connectivity index (χ4n) is 2.95. The van der Waals surface area contributed by atoms with Crippen molar-refractivity contribution in [2.45, 2.75) is 45.6 Å². The Balaban J connectivity index is 2.18. The fourth-order valence-corrected chi connectivity index (χ4v) is 3.09. The van der Waals surface area contributed by atoms with Crippen LogP contribution in [-0.4, -0.2) is 28.4 Å². The van der Waals surface area contributed by atoms with Crippen LogP contribution in [0, 0.1) is 5.92 Å². The van der Waals surface area contributed by atoms with E-state index in [9.17, 15) is 4.79 Å². The molecule has 1 aliphatic rings. The van der Waals surface area contributed by atoms with E-state index < -0.39 is 0 Å². The van der Waals surface area contributed by atoms with Gasteiger partial charge in [0.1, 0.15) is 4.99 Å². The zero-order valence-corrected chi connectivity index (χ0v) is 13.7. The number of nitrogens with zero attached hydrogens (tertiary/aromatic N) is 1. The summed E-state index contributed by atoms with van der Waals surface area (Å²) >= 11 is 4.95. The second kappa shape index (κ2) is 7.03. The van der Waals surface area contributed by atoms with Gasteiger partial charge in [-0.15, -0.1) is 0 Å². The van der Waals surface area contributed by atoms with Crippen LogP contribution in [0.1, 0.15) is 55.5 Å². The van der Waals surface area contributed by atoms with E-state index in [0.29, 0.717) is 16.9 Å². The molecule has 1 aromatic carbocycles. The average Bonchev–Trinajstić information content (AvgIpc) is 2.98. The third-order valence-electron chi connectivity index (χ3n) is 4.00. The summed E-state index contributed by atoms with van der Waals surface area (Å²) in [7, 11) is 0. The molecule has 0 unspecified atom stereocenters. The molecule has 2 N–H and O–H groups in total. The van der Waals surface area contributed by atoms with E-state index in [1.807, 2.05) is 24.3 Å². The molecule has 1 aromatic rings. The minimum absolute atomic E-state index is 0.130. The largest absolute Gasteiger partial charge is 0.389 e. The minimum atomic E-state index is 0.130. The molecular formula is C17H24N2OS. The molecule has 3 nitrogen and oxygen atoms in total. The molecule has 1 aliphatic carbocycles. The Hall–Kier alpha value is -1.42. The molecule has 4 heteroatoms. The third kappa shape index (κ3) is 4.03. The Morgan fingerprint density at radius 3 is 2.24 bits per heavy atom. The van der Waals surface area contributed by atoms with Crippen LogP contribution >= 0.6 is 12.2 Å². The van der Waals surface area contributed by atoms with Gasteiger partial charge >= 0.3 is 0 Å². The Labute approximate surface area is 132 Å². The molecule has 0 aromatic heterocycles. The lowest BCUT2D eigenvalue weighted by Crippen LogP contribution is -2.41. The first-order valence-electron chi connectivity index (χ1n) is 7.70. The third-order valence-corrected chi connectivity index (χ3v) is 4.24. The lowest BCUT2D eigenvalue weighted by molar-refractivity contribution is 0.0655. The van der Waals surface area contributed by atoms with Crippen molar-refractivity contribution in [1.29, 1.82) is 0 Å². The van der Waals surface area contributed by atoms with Crippen LogP contribution in [0.25, 0.3) is 0 Å². The van der Waals surface area contributed by atoms with Gasteiger partial charge < -0.3 is 10.6 Å². The topological polar surface area (TPSA) is 46.3 Å². The Morgan fingerprint density at radius 1 is 1.24 bits per heavy atom. The van der Waals surface area contributed by atoms with Gasteiger partial charge in [0.05, 0.1) is 0 Å². The van der Waals surface area contributed by atoms with E-state index in [-0.39, 0.29) is 5.91 Å². The summed E-state index contributed by atoms with van der Waals surface area (Å²) in [6.45, 7) is 5.14. The van der Waals surface area contributed by atoms with Gasteiger partial charge in [-0.05, 0) is 30.9 Å². The van der Waals surface area contributed by atoms with E-state index in [1.165, 1.54) is 12.8 Å². The highest BCUT2D eigenvalue weighted by Gasteiger charge is 2.27. The highest BCUT2D eigenvalue weighted by molar-refractivity contribution is 7.80. The first-order valence-corrected chi connectivity index (χ1v) is 8.10. The highest BCUT2D eigenvalue weighted by atomic mass is 32.1. The summed E-state index contributed by atoms with van der Waals surface area (Å²) in [4.78, 5) is 15.2. The van der Waals surface area contributed by atoms with Gasteiger partial charge in [-0.1, -0.05) is 51.0 Å². The SMILES string of the molecule is CC(C)CN(C(=O)c1ccc(C(N)=S)cc1)C1CCCC1. The lowest BCUT2D eigenvalue weighted by Gasteiger charge is -2.30. The quantitative estimate of drug-likeness (QED) is 0.848. The average molecular weight is 304 g/mol. The number of benzene rings is 1.